The quantitative estimate of drug-likeness (QED) is 0.905. The Morgan fingerprint density at radius 3 is 2.65 bits per heavy atom. The van der Waals surface area contributed by atoms with E-state index in [0.29, 0.717) is 18.7 Å². The van der Waals surface area contributed by atoms with Gasteiger partial charge in [-0.2, -0.15) is 4.31 Å². The van der Waals surface area contributed by atoms with Crippen molar-refractivity contribution in [2.45, 2.75) is 24.0 Å². The van der Waals surface area contributed by atoms with E-state index < -0.39 is 10.0 Å². The van der Waals surface area contributed by atoms with E-state index >= 15 is 0 Å². The Hall–Kier alpha value is -0.660. The van der Waals surface area contributed by atoms with Gasteiger partial charge in [0.2, 0.25) is 10.0 Å². The summed E-state index contributed by atoms with van der Waals surface area (Å²) < 4.78 is 26.6. The molecule has 1 atom stereocenters. The second-order valence-corrected chi connectivity index (χ2v) is 7.53. The van der Waals surface area contributed by atoms with Gasteiger partial charge in [0.1, 0.15) is 0 Å². The monoisotopic (exact) mass is 318 g/mol. The molecule has 5 nitrogen and oxygen atoms in total. The van der Waals surface area contributed by atoms with Gasteiger partial charge in [0.25, 0.3) is 0 Å². The molecule has 1 aromatic carbocycles. The molecule has 0 bridgehead atoms. The van der Waals surface area contributed by atoms with Crippen LogP contribution in [-0.4, -0.2) is 56.0 Å². The average Bonchev–Trinajstić information content (AvgIpc) is 2.89. The van der Waals surface area contributed by atoms with Crippen molar-refractivity contribution in [3.8, 4) is 0 Å². The molecule has 0 radical (unpaired) electrons. The molecule has 0 amide bonds. The van der Waals surface area contributed by atoms with Crippen LogP contribution in [0.15, 0.2) is 23.1 Å². The Morgan fingerprint density at radius 2 is 2.15 bits per heavy atom. The summed E-state index contributed by atoms with van der Waals surface area (Å²) in [6.07, 6.45) is 0.828. The smallest absolute Gasteiger partial charge is 0.243 e. The van der Waals surface area contributed by atoms with Crippen LogP contribution in [0.3, 0.4) is 0 Å². The van der Waals surface area contributed by atoms with Crippen LogP contribution < -0.4 is 0 Å². The molecule has 0 spiro atoms. The lowest BCUT2D eigenvalue weighted by atomic mass is 10.2. The number of sulfonamides is 1. The van der Waals surface area contributed by atoms with Gasteiger partial charge in [-0.15, -0.1) is 0 Å². The Kier molecular flexibility index (Phi) is 4.71. The van der Waals surface area contributed by atoms with Crippen LogP contribution in [0.2, 0.25) is 5.02 Å². The van der Waals surface area contributed by atoms with Gasteiger partial charge < -0.3 is 10.0 Å². The predicted molar refractivity (Wildman–Crippen MR) is 78.2 cm³/mol. The highest BCUT2D eigenvalue weighted by molar-refractivity contribution is 7.89. The number of halogens is 1. The van der Waals surface area contributed by atoms with E-state index in [4.69, 9.17) is 16.7 Å². The highest BCUT2D eigenvalue weighted by Gasteiger charge is 2.33. The molecule has 112 valence electrons. The standard InChI is InChI=1S/C13H19ClN2O3S/c1-15(2)11-5-6-16(8-11)20(18,19)12-4-3-10(9-17)13(14)7-12/h3-4,7,11,17H,5-6,8-9H2,1-2H3. The molecule has 1 unspecified atom stereocenters. The molecule has 0 saturated carbocycles. The molecule has 0 aliphatic carbocycles. The summed E-state index contributed by atoms with van der Waals surface area (Å²) in [5, 5.41) is 9.34. The van der Waals surface area contributed by atoms with E-state index in [0.717, 1.165) is 6.42 Å². The van der Waals surface area contributed by atoms with Gasteiger partial charge in [0.15, 0.2) is 0 Å². The third kappa shape index (κ3) is 2.99. The van der Waals surface area contributed by atoms with E-state index in [1.165, 1.54) is 16.4 Å². The fourth-order valence-electron chi connectivity index (χ4n) is 2.32. The Bertz CT molecular complexity index is 589. The summed E-state index contributed by atoms with van der Waals surface area (Å²) in [6, 6.07) is 4.70. The molecule has 1 aromatic rings. The highest BCUT2D eigenvalue weighted by Crippen LogP contribution is 2.26. The molecular weight excluding hydrogens is 300 g/mol. The molecule has 0 aromatic heterocycles. The van der Waals surface area contributed by atoms with Gasteiger partial charge in [0.05, 0.1) is 11.5 Å². The zero-order chi connectivity index (χ0) is 14.9. The lowest BCUT2D eigenvalue weighted by molar-refractivity contribution is 0.282. The zero-order valence-electron chi connectivity index (χ0n) is 11.6. The first-order valence-corrected chi connectivity index (χ1v) is 8.24. The maximum Gasteiger partial charge on any atom is 0.243 e. The predicted octanol–water partition coefficient (Wildman–Crippen LogP) is 1.16. The molecule has 1 saturated heterocycles. The van der Waals surface area contributed by atoms with Crippen molar-refractivity contribution in [2.75, 3.05) is 27.2 Å². The minimum absolute atomic E-state index is 0.180. The summed E-state index contributed by atoms with van der Waals surface area (Å²) in [7, 11) is 0.392. The van der Waals surface area contributed by atoms with E-state index in [-0.39, 0.29) is 22.6 Å². The van der Waals surface area contributed by atoms with Crippen LogP contribution >= 0.6 is 11.6 Å². The molecule has 2 rings (SSSR count). The maximum absolute atomic E-state index is 12.5. The van der Waals surface area contributed by atoms with Gasteiger partial charge in [-0.25, -0.2) is 8.42 Å². The number of hydrogen-bond donors (Lipinski definition) is 1. The SMILES string of the molecule is CN(C)C1CCN(S(=O)(=O)c2ccc(CO)c(Cl)c2)C1. The van der Waals surface area contributed by atoms with E-state index in [1.54, 1.807) is 6.07 Å². The van der Waals surface area contributed by atoms with E-state index in [1.807, 2.05) is 19.0 Å². The van der Waals surface area contributed by atoms with Crippen LogP contribution in [-0.2, 0) is 16.6 Å². The van der Waals surface area contributed by atoms with Crippen molar-refractivity contribution in [2.24, 2.45) is 0 Å². The number of rotatable bonds is 4. The second kappa shape index (κ2) is 5.99. The first-order chi connectivity index (χ1) is 9.36. The summed E-state index contributed by atoms with van der Waals surface area (Å²) >= 11 is 5.97. The number of aliphatic hydroxyl groups is 1. The number of hydrogen-bond acceptors (Lipinski definition) is 4. The van der Waals surface area contributed by atoms with Crippen molar-refractivity contribution in [1.82, 2.24) is 9.21 Å². The zero-order valence-corrected chi connectivity index (χ0v) is 13.2. The Morgan fingerprint density at radius 1 is 1.45 bits per heavy atom. The number of likely N-dealkylation sites (N-methyl/N-ethyl adjacent to an activating group) is 1. The summed E-state index contributed by atoms with van der Waals surface area (Å²) in [5.41, 5.74) is 0.526. The van der Waals surface area contributed by atoms with Crippen LogP contribution in [0.4, 0.5) is 0 Å². The van der Waals surface area contributed by atoms with Crippen molar-refractivity contribution in [1.29, 1.82) is 0 Å². The lowest BCUT2D eigenvalue weighted by Crippen LogP contribution is -2.34. The van der Waals surface area contributed by atoms with Gasteiger partial charge in [-0.1, -0.05) is 17.7 Å². The topological polar surface area (TPSA) is 60.9 Å². The van der Waals surface area contributed by atoms with E-state index in [2.05, 4.69) is 0 Å². The lowest BCUT2D eigenvalue weighted by Gasteiger charge is -2.20. The normalized spacial score (nSPS) is 20.8. The first kappa shape index (κ1) is 15.7. The van der Waals surface area contributed by atoms with Gasteiger partial charge in [0, 0.05) is 24.2 Å². The fraction of sp³-hybridized carbons (Fsp3) is 0.538. The molecule has 1 aliphatic rings. The summed E-state index contributed by atoms with van der Waals surface area (Å²) in [6.45, 7) is 0.810. The molecule has 1 N–H and O–H groups in total. The minimum atomic E-state index is -3.51. The highest BCUT2D eigenvalue weighted by atomic mass is 35.5. The van der Waals surface area contributed by atoms with Crippen molar-refractivity contribution in [3.05, 3.63) is 28.8 Å². The first-order valence-electron chi connectivity index (χ1n) is 6.42. The Balaban J connectivity index is 2.25. The van der Waals surface area contributed by atoms with Crippen LogP contribution in [0.5, 0.6) is 0 Å². The van der Waals surface area contributed by atoms with Crippen molar-refractivity contribution >= 4 is 21.6 Å². The Labute approximate surface area is 124 Å². The van der Waals surface area contributed by atoms with Gasteiger partial charge in [-0.3, -0.25) is 0 Å². The van der Waals surface area contributed by atoms with Crippen molar-refractivity contribution in [3.63, 3.8) is 0 Å². The molecule has 7 heteroatoms. The third-order valence-electron chi connectivity index (χ3n) is 3.69. The number of nitrogens with zero attached hydrogens (tertiary/aromatic N) is 2. The van der Waals surface area contributed by atoms with Crippen LogP contribution in [0.1, 0.15) is 12.0 Å². The van der Waals surface area contributed by atoms with Crippen LogP contribution in [0, 0.1) is 0 Å². The fourth-order valence-corrected chi connectivity index (χ4v) is 4.14. The van der Waals surface area contributed by atoms with Gasteiger partial charge in [-0.05, 0) is 38.2 Å². The third-order valence-corrected chi connectivity index (χ3v) is 5.90. The van der Waals surface area contributed by atoms with Crippen LogP contribution in [0.25, 0.3) is 0 Å². The molecule has 20 heavy (non-hydrogen) atoms. The second-order valence-electron chi connectivity index (χ2n) is 5.18. The molecular formula is C13H19ClN2O3S. The summed E-state index contributed by atoms with van der Waals surface area (Å²) in [4.78, 5) is 2.22. The summed E-state index contributed by atoms with van der Waals surface area (Å²) in [5.74, 6) is 0. The van der Waals surface area contributed by atoms with Crippen molar-refractivity contribution < 1.29 is 13.5 Å². The number of benzene rings is 1. The molecule has 1 fully saturated rings. The maximum atomic E-state index is 12.5. The molecule has 1 heterocycles. The average molecular weight is 319 g/mol. The largest absolute Gasteiger partial charge is 0.392 e. The van der Waals surface area contributed by atoms with E-state index in [9.17, 15) is 8.42 Å². The van der Waals surface area contributed by atoms with Gasteiger partial charge >= 0.3 is 0 Å². The minimum Gasteiger partial charge on any atom is -0.392 e. The molecule has 1 aliphatic heterocycles. The number of aliphatic hydroxyl groups excluding tert-OH is 1.